The van der Waals surface area contributed by atoms with Crippen molar-refractivity contribution in [1.29, 1.82) is 0 Å². The Morgan fingerprint density at radius 3 is 2.64 bits per heavy atom. The van der Waals surface area contributed by atoms with E-state index in [-0.39, 0.29) is 0 Å². The van der Waals surface area contributed by atoms with Gasteiger partial charge in [-0.1, -0.05) is 44.2 Å². The number of rotatable bonds is 8. The molecule has 22 heavy (non-hydrogen) atoms. The summed E-state index contributed by atoms with van der Waals surface area (Å²) >= 11 is 1.36. The Kier molecular flexibility index (Phi) is 6.30. The van der Waals surface area contributed by atoms with Gasteiger partial charge in [-0.3, -0.25) is 0 Å². The van der Waals surface area contributed by atoms with E-state index in [0.29, 0.717) is 25.7 Å². The highest BCUT2D eigenvalue weighted by Gasteiger charge is 2.14. The lowest BCUT2D eigenvalue weighted by atomic mass is 10.2. The maximum absolute atomic E-state index is 10.1. The van der Waals surface area contributed by atoms with Crippen molar-refractivity contribution >= 4 is 16.7 Å². The number of hydrogen-bond acceptors (Lipinski definition) is 6. The van der Waals surface area contributed by atoms with Crippen molar-refractivity contribution in [3.63, 3.8) is 0 Å². The Labute approximate surface area is 135 Å². The van der Waals surface area contributed by atoms with Gasteiger partial charge in [-0.25, -0.2) is 4.98 Å². The van der Waals surface area contributed by atoms with Crippen LogP contribution in [0.3, 0.4) is 0 Å². The van der Waals surface area contributed by atoms with E-state index in [1.807, 2.05) is 42.3 Å². The zero-order chi connectivity index (χ0) is 15.9. The smallest absolute Gasteiger partial charge is 0.205 e. The third kappa shape index (κ3) is 5.05. The fraction of sp³-hybridized carbons (Fsp3) is 0.500. The molecule has 0 amide bonds. The highest BCUT2D eigenvalue weighted by Crippen LogP contribution is 2.20. The Morgan fingerprint density at radius 2 is 2.00 bits per heavy atom. The zero-order valence-corrected chi connectivity index (χ0v) is 14.1. The third-order valence-electron chi connectivity index (χ3n) is 3.18. The molecule has 2 rings (SSSR count). The first-order valence-corrected chi connectivity index (χ1v) is 8.18. The van der Waals surface area contributed by atoms with E-state index in [1.54, 1.807) is 0 Å². The van der Waals surface area contributed by atoms with Crippen molar-refractivity contribution < 1.29 is 9.84 Å². The Balaban J connectivity index is 1.74. The zero-order valence-electron chi connectivity index (χ0n) is 13.3. The maximum Gasteiger partial charge on any atom is 0.205 e. The highest BCUT2D eigenvalue weighted by molar-refractivity contribution is 7.09. The molecule has 0 fully saturated rings. The van der Waals surface area contributed by atoms with Crippen molar-refractivity contribution in [2.24, 2.45) is 0 Å². The molecule has 1 aromatic heterocycles. The van der Waals surface area contributed by atoms with Crippen LogP contribution in [0.2, 0.25) is 0 Å². The van der Waals surface area contributed by atoms with Gasteiger partial charge < -0.3 is 14.7 Å². The van der Waals surface area contributed by atoms with Gasteiger partial charge in [0.05, 0.1) is 19.3 Å². The summed E-state index contributed by atoms with van der Waals surface area (Å²) in [6.45, 7) is 5.42. The van der Waals surface area contributed by atoms with E-state index in [4.69, 9.17) is 4.74 Å². The van der Waals surface area contributed by atoms with E-state index in [9.17, 15) is 5.11 Å². The van der Waals surface area contributed by atoms with Crippen molar-refractivity contribution in [3.8, 4) is 0 Å². The normalized spacial score (nSPS) is 12.6. The van der Waals surface area contributed by atoms with Gasteiger partial charge in [-0.05, 0) is 5.56 Å². The molecule has 0 aliphatic rings. The Morgan fingerprint density at radius 1 is 1.27 bits per heavy atom. The van der Waals surface area contributed by atoms with Crippen LogP contribution in [0.25, 0.3) is 0 Å². The lowest BCUT2D eigenvalue weighted by Crippen LogP contribution is -2.32. The largest absolute Gasteiger partial charge is 0.389 e. The molecule has 1 aromatic carbocycles. The molecule has 0 radical (unpaired) electrons. The van der Waals surface area contributed by atoms with Crippen LogP contribution in [-0.2, 0) is 11.3 Å². The first-order chi connectivity index (χ1) is 10.6. The van der Waals surface area contributed by atoms with Gasteiger partial charge in [0.2, 0.25) is 5.13 Å². The van der Waals surface area contributed by atoms with Crippen LogP contribution >= 0.6 is 11.5 Å². The topological polar surface area (TPSA) is 58.5 Å². The van der Waals surface area contributed by atoms with Crippen LogP contribution < -0.4 is 4.90 Å². The Hall–Kier alpha value is -1.50. The molecule has 0 spiro atoms. The lowest BCUT2D eigenvalue weighted by molar-refractivity contribution is 0.0324. The molecule has 0 bridgehead atoms. The second-order valence-electron chi connectivity index (χ2n) is 5.62. The first kappa shape index (κ1) is 16.9. The van der Waals surface area contributed by atoms with Crippen molar-refractivity contribution in [1.82, 2.24) is 9.36 Å². The van der Waals surface area contributed by atoms with E-state index < -0.39 is 6.10 Å². The number of aliphatic hydroxyl groups excluding tert-OH is 1. The molecule has 5 nitrogen and oxygen atoms in total. The van der Waals surface area contributed by atoms with Crippen LogP contribution in [0.5, 0.6) is 0 Å². The van der Waals surface area contributed by atoms with E-state index in [1.165, 1.54) is 11.5 Å². The quantitative estimate of drug-likeness (QED) is 0.810. The first-order valence-electron chi connectivity index (χ1n) is 7.40. The number of aromatic nitrogens is 2. The molecular formula is C16H23N3O2S. The summed E-state index contributed by atoms with van der Waals surface area (Å²) in [4.78, 5) is 6.39. The van der Waals surface area contributed by atoms with Crippen molar-refractivity contribution in [3.05, 3.63) is 41.7 Å². The third-order valence-corrected chi connectivity index (χ3v) is 4.02. The molecule has 0 saturated heterocycles. The number of likely N-dealkylation sites (N-methyl/N-ethyl adjacent to an activating group) is 1. The minimum absolute atomic E-state index is 0.301. The predicted molar refractivity (Wildman–Crippen MR) is 89.4 cm³/mol. The highest BCUT2D eigenvalue weighted by atomic mass is 32.1. The van der Waals surface area contributed by atoms with Gasteiger partial charge in [-0.2, -0.15) is 4.37 Å². The molecule has 1 N–H and O–H groups in total. The molecule has 0 saturated carbocycles. The molecule has 6 heteroatoms. The standard InChI is InChI=1S/C16H23N3O2S/c1-12(2)15-17-16(22-18-15)19(3)9-14(20)11-21-10-13-7-5-4-6-8-13/h4-8,12,14,20H,9-11H2,1-3H3. The molecule has 120 valence electrons. The maximum atomic E-state index is 10.1. The van der Waals surface area contributed by atoms with E-state index >= 15 is 0 Å². The number of aliphatic hydroxyl groups is 1. The minimum Gasteiger partial charge on any atom is -0.389 e. The minimum atomic E-state index is -0.555. The number of ether oxygens (including phenoxy) is 1. The molecule has 1 heterocycles. The summed E-state index contributed by atoms with van der Waals surface area (Å²) in [5.41, 5.74) is 1.11. The molecule has 1 atom stereocenters. The average Bonchev–Trinajstić information content (AvgIpc) is 2.98. The molecule has 2 aromatic rings. The fourth-order valence-corrected chi connectivity index (χ4v) is 2.73. The second kappa shape index (κ2) is 8.22. The molecule has 0 aliphatic carbocycles. The van der Waals surface area contributed by atoms with E-state index in [2.05, 4.69) is 23.2 Å². The average molecular weight is 321 g/mol. The van der Waals surface area contributed by atoms with Crippen molar-refractivity contribution in [2.45, 2.75) is 32.5 Å². The summed E-state index contributed by atoms with van der Waals surface area (Å²) in [5.74, 6) is 1.17. The van der Waals surface area contributed by atoms with Crippen LogP contribution in [0.1, 0.15) is 31.2 Å². The molecular weight excluding hydrogens is 298 g/mol. The van der Waals surface area contributed by atoms with Gasteiger partial charge in [0.25, 0.3) is 0 Å². The number of benzene rings is 1. The van der Waals surface area contributed by atoms with Gasteiger partial charge in [0.15, 0.2) is 0 Å². The van der Waals surface area contributed by atoms with Gasteiger partial charge in [-0.15, -0.1) is 0 Å². The van der Waals surface area contributed by atoms with Crippen LogP contribution in [0, 0.1) is 0 Å². The van der Waals surface area contributed by atoms with Gasteiger partial charge in [0.1, 0.15) is 5.82 Å². The fourth-order valence-electron chi connectivity index (χ4n) is 1.95. The number of nitrogens with zero attached hydrogens (tertiary/aromatic N) is 3. The Bertz CT molecular complexity index is 560. The van der Waals surface area contributed by atoms with Gasteiger partial charge in [0, 0.05) is 31.0 Å². The predicted octanol–water partition coefficient (Wildman–Crippen LogP) is 2.68. The number of anilines is 1. The van der Waals surface area contributed by atoms with Crippen LogP contribution in [-0.4, -0.2) is 40.8 Å². The van der Waals surface area contributed by atoms with Crippen molar-refractivity contribution in [2.75, 3.05) is 25.1 Å². The van der Waals surface area contributed by atoms with E-state index in [0.717, 1.165) is 16.5 Å². The summed E-state index contributed by atoms with van der Waals surface area (Å²) < 4.78 is 9.87. The van der Waals surface area contributed by atoms with Gasteiger partial charge >= 0.3 is 0 Å². The lowest BCUT2D eigenvalue weighted by Gasteiger charge is -2.19. The summed E-state index contributed by atoms with van der Waals surface area (Å²) in [6.07, 6.45) is -0.555. The van der Waals surface area contributed by atoms with Crippen LogP contribution in [0.15, 0.2) is 30.3 Å². The summed E-state index contributed by atoms with van der Waals surface area (Å²) in [5, 5.41) is 10.9. The summed E-state index contributed by atoms with van der Waals surface area (Å²) in [6, 6.07) is 9.94. The molecule has 0 aliphatic heterocycles. The number of hydrogen-bond donors (Lipinski definition) is 1. The summed E-state index contributed by atoms with van der Waals surface area (Å²) in [7, 11) is 1.91. The molecule has 1 unspecified atom stereocenters. The SMILES string of the molecule is CC(C)c1nsc(N(C)CC(O)COCc2ccccc2)n1. The second-order valence-corrected chi connectivity index (χ2v) is 6.36. The monoisotopic (exact) mass is 321 g/mol. The van der Waals surface area contributed by atoms with Crippen LogP contribution in [0.4, 0.5) is 5.13 Å².